The second-order valence-electron chi connectivity index (χ2n) is 3.74. The molecule has 0 fully saturated rings. The van der Waals surface area contributed by atoms with Crippen molar-refractivity contribution in [2.45, 2.75) is 26.3 Å². The van der Waals surface area contributed by atoms with Gasteiger partial charge in [0.05, 0.1) is 6.26 Å². The van der Waals surface area contributed by atoms with Gasteiger partial charge in [-0.25, -0.2) is 0 Å². The highest BCUT2D eigenvalue weighted by molar-refractivity contribution is 7.99. The van der Waals surface area contributed by atoms with Crippen LogP contribution in [0.3, 0.4) is 0 Å². The van der Waals surface area contributed by atoms with Crippen LogP contribution in [0.5, 0.6) is 0 Å². The Morgan fingerprint density at radius 2 is 2.47 bits per heavy atom. The molecule has 3 nitrogen and oxygen atoms in total. The number of amides is 1. The van der Waals surface area contributed by atoms with Crippen molar-refractivity contribution in [3.8, 4) is 0 Å². The summed E-state index contributed by atoms with van der Waals surface area (Å²) in [6, 6.07) is 3.82. The summed E-state index contributed by atoms with van der Waals surface area (Å²) in [6.07, 6.45) is 5.76. The number of nitrogens with one attached hydrogen (secondary N) is 1. The summed E-state index contributed by atoms with van der Waals surface area (Å²) in [5, 5.41) is 2.92. The summed E-state index contributed by atoms with van der Waals surface area (Å²) >= 11 is 1.89. The first kappa shape index (κ1) is 13.9. The minimum absolute atomic E-state index is 0.0737. The number of hydrogen-bond donors (Lipinski definition) is 1. The molecular weight excluding hydrogens is 234 g/mol. The molecule has 94 valence electrons. The standard InChI is InChI=1S/C13H19NO2S/c1-3-17-10-8-11(2)14-13(15)7-6-12-5-4-9-16-12/h4-7,9,11H,3,8,10H2,1-2H3,(H,14,15)/b7-6-/t11-/m1/s1. The molecule has 0 spiro atoms. The van der Waals surface area contributed by atoms with Crippen LogP contribution >= 0.6 is 11.8 Å². The lowest BCUT2D eigenvalue weighted by atomic mass is 10.2. The van der Waals surface area contributed by atoms with Gasteiger partial charge in [0.2, 0.25) is 5.91 Å². The summed E-state index contributed by atoms with van der Waals surface area (Å²) in [7, 11) is 0. The van der Waals surface area contributed by atoms with Gasteiger partial charge in [-0.1, -0.05) is 6.92 Å². The van der Waals surface area contributed by atoms with Crippen LogP contribution in [0.2, 0.25) is 0 Å². The topological polar surface area (TPSA) is 42.2 Å². The summed E-state index contributed by atoms with van der Waals surface area (Å²) < 4.78 is 5.10. The van der Waals surface area contributed by atoms with E-state index in [9.17, 15) is 4.79 Å². The van der Waals surface area contributed by atoms with Gasteiger partial charge in [0.15, 0.2) is 0 Å². The number of rotatable bonds is 7. The van der Waals surface area contributed by atoms with E-state index in [-0.39, 0.29) is 11.9 Å². The number of furan rings is 1. The first-order valence-electron chi connectivity index (χ1n) is 5.82. The predicted octanol–water partition coefficient (Wildman–Crippen LogP) is 2.94. The van der Waals surface area contributed by atoms with E-state index in [1.165, 1.54) is 6.08 Å². The summed E-state index contributed by atoms with van der Waals surface area (Å²) in [6.45, 7) is 4.16. The Morgan fingerprint density at radius 1 is 1.65 bits per heavy atom. The fraction of sp³-hybridized carbons (Fsp3) is 0.462. The SMILES string of the molecule is CCSCC[C@@H](C)NC(=O)/C=C\c1ccco1. The summed E-state index contributed by atoms with van der Waals surface area (Å²) in [4.78, 5) is 11.5. The third-order valence-electron chi connectivity index (χ3n) is 2.23. The van der Waals surface area contributed by atoms with E-state index < -0.39 is 0 Å². The first-order chi connectivity index (χ1) is 8.22. The van der Waals surface area contributed by atoms with Crippen LogP contribution in [0, 0.1) is 0 Å². The molecule has 1 N–H and O–H groups in total. The lowest BCUT2D eigenvalue weighted by Crippen LogP contribution is -2.31. The van der Waals surface area contributed by atoms with Crippen LogP contribution in [-0.4, -0.2) is 23.5 Å². The van der Waals surface area contributed by atoms with Crippen molar-refractivity contribution in [2.24, 2.45) is 0 Å². The zero-order valence-electron chi connectivity index (χ0n) is 10.3. The fourth-order valence-electron chi connectivity index (χ4n) is 1.31. The van der Waals surface area contributed by atoms with Gasteiger partial charge in [-0.15, -0.1) is 0 Å². The molecule has 1 amide bonds. The molecule has 1 aromatic rings. The molecule has 1 aromatic heterocycles. The molecule has 1 atom stereocenters. The maximum absolute atomic E-state index is 11.5. The maximum Gasteiger partial charge on any atom is 0.244 e. The molecule has 1 heterocycles. The van der Waals surface area contributed by atoms with E-state index in [0.29, 0.717) is 5.76 Å². The largest absolute Gasteiger partial charge is 0.465 e. The van der Waals surface area contributed by atoms with Crippen molar-refractivity contribution < 1.29 is 9.21 Å². The monoisotopic (exact) mass is 253 g/mol. The van der Waals surface area contributed by atoms with Gasteiger partial charge in [-0.05, 0) is 43.1 Å². The van der Waals surface area contributed by atoms with Crippen molar-refractivity contribution in [2.75, 3.05) is 11.5 Å². The minimum Gasteiger partial charge on any atom is -0.465 e. The Morgan fingerprint density at radius 3 is 3.12 bits per heavy atom. The van der Waals surface area contributed by atoms with Gasteiger partial charge in [-0.3, -0.25) is 4.79 Å². The molecule has 0 aliphatic heterocycles. The average molecular weight is 253 g/mol. The molecule has 0 bridgehead atoms. The Labute approximate surface area is 107 Å². The molecule has 17 heavy (non-hydrogen) atoms. The maximum atomic E-state index is 11.5. The highest BCUT2D eigenvalue weighted by Gasteiger charge is 2.04. The normalized spacial score (nSPS) is 12.8. The molecule has 0 unspecified atom stereocenters. The zero-order valence-corrected chi connectivity index (χ0v) is 11.1. The van der Waals surface area contributed by atoms with Crippen LogP contribution in [0.15, 0.2) is 28.9 Å². The van der Waals surface area contributed by atoms with Gasteiger partial charge in [0.25, 0.3) is 0 Å². The van der Waals surface area contributed by atoms with Crippen LogP contribution < -0.4 is 5.32 Å². The number of thioether (sulfide) groups is 1. The van der Waals surface area contributed by atoms with Crippen LogP contribution in [0.4, 0.5) is 0 Å². The van der Waals surface area contributed by atoms with Crippen molar-refractivity contribution in [3.05, 3.63) is 30.2 Å². The average Bonchev–Trinajstić information content (AvgIpc) is 2.79. The van der Waals surface area contributed by atoms with Crippen molar-refractivity contribution >= 4 is 23.7 Å². The fourth-order valence-corrected chi connectivity index (χ4v) is 2.12. The molecule has 0 aromatic carbocycles. The Hall–Kier alpha value is -1.16. The summed E-state index contributed by atoms with van der Waals surface area (Å²) in [5.41, 5.74) is 0. The van der Waals surface area contributed by atoms with Crippen molar-refractivity contribution in [3.63, 3.8) is 0 Å². The highest BCUT2D eigenvalue weighted by atomic mass is 32.2. The summed E-state index contributed by atoms with van der Waals surface area (Å²) in [5.74, 6) is 2.82. The Kier molecular flexibility index (Phi) is 6.55. The lowest BCUT2D eigenvalue weighted by molar-refractivity contribution is -0.117. The molecule has 0 saturated heterocycles. The van der Waals surface area contributed by atoms with E-state index in [2.05, 4.69) is 12.2 Å². The van der Waals surface area contributed by atoms with Crippen LogP contribution in [-0.2, 0) is 4.79 Å². The Bertz CT molecular complexity index is 346. The first-order valence-corrected chi connectivity index (χ1v) is 6.97. The van der Waals surface area contributed by atoms with Crippen molar-refractivity contribution in [1.82, 2.24) is 5.32 Å². The number of hydrogen-bond acceptors (Lipinski definition) is 3. The van der Waals surface area contributed by atoms with E-state index in [1.807, 2.05) is 24.8 Å². The predicted molar refractivity (Wildman–Crippen MR) is 73.0 cm³/mol. The van der Waals surface area contributed by atoms with Gasteiger partial charge in [0, 0.05) is 12.1 Å². The third-order valence-corrected chi connectivity index (χ3v) is 3.16. The second-order valence-corrected chi connectivity index (χ2v) is 5.14. The molecule has 4 heteroatoms. The van der Waals surface area contributed by atoms with Gasteiger partial charge in [-0.2, -0.15) is 11.8 Å². The lowest BCUT2D eigenvalue weighted by Gasteiger charge is -2.11. The smallest absolute Gasteiger partial charge is 0.244 e. The van der Waals surface area contributed by atoms with Crippen LogP contribution in [0.1, 0.15) is 26.0 Å². The van der Waals surface area contributed by atoms with Crippen molar-refractivity contribution in [1.29, 1.82) is 0 Å². The zero-order chi connectivity index (χ0) is 12.5. The second kappa shape index (κ2) is 8.01. The number of carbonyl (C=O) groups is 1. The van der Waals surface area contributed by atoms with E-state index in [0.717, 1.165) is 17.9 Å². The minimum atomic E-state index is -0.0737. The number of carbonyl (C=O) groups excluding carboxylic acids is 1. The molecule has 0 radical (unpaired) electrons. The quantitative estimate of drug-likeness (QED) is 0.600. The van der Waals surface area contributed by atoms with E-state index in [1.54, 1.807) is 18.4 Å². The molecular formula is C13H19NO2S. The van der Waals surface area contributed by atoms with Gasteiger partial charge >= 0.3 is 0 Å². The molecule has 0 aliphatic rings. The van der Waals surface area contributed by atoms with Crippen LogP contribution in [0.25, 0.3) is 6.08 Å². The third kappa shape index (κ3) is 6.22. The van der Waals surface area contributed by atoms with E-state index >= 15 is 0 Å². The molecule has 0 saturated carbocycles. The molecule has 1 rings (SSSR count). The highest BCUT2D eigenvalue weighted by Crippen LogP contribution is 2.04. The van der Waals surface area contributed by atoms with Gasteiger partial charge < -0.3 is 9.73 Å². The van der Waals surface area contributed by atoms with Gasteiger partial charge in [0.1, 0.15) is 5.76 Å². The molecule has 0 aliphatic carbocycles. The Balaban J connectivity index is 2.24. The van der Waals surface area contributed by atoms with E-state index in [4.69, 9.17) is 4.42 Å².